The highest BCUT2D eigenvalue weighted by Gasteiger charge is 2.23. The number of thiophene rings is 1. The minimum absolute atomic E-state index is 0.0418. The zero-order chi connectivity index (χ0) is 19.0. The van der Waals surface area contributed by atoms with Crippen LogP contribution in [0, 0.1) is 18.7 Å². The van der Waals surface area contributed by atoms with Gasteiger partial charge in [-0.15, -0.1) is 11.3 Å². The maximum Gasteiger partial charge on any atom is 0.264 e. The van der Waals surface area contributed by atoms with Gasteiger partial charge < -0.3 is 4.90 Å². The lowest BCUT2D eigenvalue weighted by Crippen LogP contribution is -2.37. The number of rotatable bonds is 5. The van der Waals surface area contributed by atoms with E-state index in [9.17, 15) is 9.18 Å². The fourth-order valence-electron chi connectivity index (χ4n) is 2.89. The summed E-state index contributed by atoms with van der Waals surface area (Å²) >= 11 is 1.47. The minimum atomic E-state index is -0.248. The molecule has 3 aromatic rings. The average Bonchev–Trinajstić information content (AvgIpc) is 3.16. The van der Waals surface area contributed by atoms with Gasteiger partial charge in [-0.1, -0.05) is 26.0 Å². The minimum Gasteiger partial charge on any atom is -0.338 e. The van der Waals surface area contributed by atoms with Crippen LogP contribution in [0.4, 0.5) is 4.39 Å². The monoisotopic (exact) mass is 373 g/mol. The molecule has 2 aromatic heterocycles. The molecule has 6 heteroatoms. The first-order chi connectivity index (χ1) is 12.3. The number of aromatic nitrogens is 2. The van der Waals surface area contributed by atoms with Crippen LogP contribution >= 0.6 is 11.3 Å². The highest BCUT2D eigenvalue weighted by atomic mass is 32.1. The van der Waals surface area contributed by atoms with E-state index in [1.54, 1.807) is 12.1 Å². The van der Waals surface area contributed by atoms with E-state index in [1.165, 1.54) is 23.5 Å². The van der Waals surface area contributed by atoms with Gasteiger partial charge in [0.05, 0.1) is 17.1 Å². The van der Waals surface area contributed by atoms with Crippen molar-refractivity contribution in [1.82, 2.24) is 14.7 Å². The van der Waals surface area contributed by atoms with E-state index in [2.05, 4.69) is 25.9 Å². The van der Waals surface area contributed by atoms with Crippen LogP contribution in [0.3, 0.4) is 0 Å². The molecule has 0 fully saturated rings. The van der Waals surface area contributed by atoms with Crippen LogP contribution in [0.1, 0.15) is 41.7 Å². The Morgan fingerprint density at radius 2 is 1.92 bits per heavy atom. The first kappa shape index (κ1) is 18.6. The fraction of sp³-hybridized carbons (Fsp3) is 0.400. The summed E-state index contributed by atoms with van der Waals surface area (Å²) in [5, 5.41) is 5.59. The third kappa shape index (κ3) is 3.51. The first-order valence-electron chi connectivity index (χ1n) is 8.76. The standard InChI is InChI=1S/C20H24FN3OS/c1-12(2)14(4)23(5)19(25)18-10-17-13(3)22-24(20(17)26-18)11-15-6-8-16(21)9-7-15/h6-10,12,14H,11H2,1-5H3/t14-/m0/s1. The van der Waals surface area contributed by atoms with Crippen LogP contribution in [0.15, 0.2) is 30.3 Å². The topological polar surface area (TPSA) is 38.1 Å². The summed E-state index contributed by atoms with van der Waals surface area (Å²) in [5.41, 5.74) is 1.87. The summed E-state index contributed by atoms with van der Waals surface area (Å²) < 4.78 is 15.0. The Balaban J connectivity index is 1.91. The molecule has 0 N–H and O–H groups in total. The van der Waals surface area contributed by atoms with Gasteiger partial charge >= 0.3 is 0 Å². The van der Waals surface area contributed by atoms with Crippen LogP contribution < -0.4 is 0 Å². The number of hydrogen-bond acceptors (Lipinski definition) is 3. The molecule has 0 radical (unpaired) electrons. The molecule has 0 saturated heterocycles. The number of fused-ring (bicyclic) bond motifs is 1. The molecule has 0 saturated carbocycles. The van der Waals surface area contributed by atoms with Crippen molar-refractivity contribution >= 4 is 27.5 Å². The zero-order valence-electron chi connectivity index (χ0n) is 15.8. The number of carbonyl (C=O) groups is 1. The lowest BCUT2D eigenvalue weighted by Gasteiger charge is -2.27. The molecular formula is C20H24FN3OS. The maximum atomic E-state index is 13.1. The second-order valence-corrected chi connectivity index (χ2v) is 8.13. The third-order valence-corrected chi connectivity index (χ3v) is 6.10. The zero-order valence-corrected chi connectivity index (χ0v) is 16.6. The molecule has 1 atom stereocenters. The first-order valence-corrected chi connectivity index (χ1v) is 9.58. The van der Waals surface area contributed by atoms with Crippen LogP contribution in [0.5, 0.6) is 0 Å². The summed E-state index contributed by atoms with van der Waals surface area (Å²) in [6, 6.07) is 8.54. The predicted octanol–water partition coefficient (Wildman–Crippen LogP) is 4.71. The number of amides is 1. The highest BCUT2D eigenvalue weighted by Crippen LogP contribution is 2.30. The molecule has 2 heterocycles. The number of aryl methyl sites for hydroxylation is 1. The Morgan fingerprint density at radius 3 is 2.54 bits per heavy atom. The molecule has 0 aliphatic heterocycles. The molecule has 1 amide bonds. The van der Waals surface area contributed by atoms with Gasteiger partial charge in [-0.3, -0.25) is 9.48 Å². The number of benzene rings is 1. The smallest absolute Gasteiger partial charge is 0.264 e. The van der Waals surface area contributed by atoms with Crippen molar-refractivity contribution in [2.75, 3.05) is 7.05 Å². The van der Waals surface area contributed by atoms with Crippen LogP contribution in [-0.2, 0) is 6.54 Å². The second kappa shape index (κ2) is 7.19. The van der Waals surface area contributed by atoms with Crippen LogP contribution in [0.25, 0.3) is 10.2 Å². The maximum absolute atomic E-state index is 13.1. The molecule has 0 spiro atoms. The summed E-state index contributed by atoms with van der Waals surface area (Å²) in [6.07, 6.45) is 0. The summed E-state index contributed by atoms with van der Waals surface area (Å²) in [5.74, 6) is 0.191. The van der Waals surface area contributed by atoms with E-state index in [-0.39, 0.29) is 17.8 Å². The molecule has 138 valence electrons. The van der Waals surface area contributed by atoms with Gasteiger partial charge in [0.25, 0.3) is 5.91 Å². The normalized spacial score (nSPS) is 12.7. The summed E-state index contributed by atoms with van der Waals surface area (Å²) in [6.45, 7) is 8.80. The summed E-state index contributed by atoms with van der Waals surface area (Å²) in [7, 11) is 1.86. The van der Waals surface area contributed by atoms with Crippen molar-refractivity contribution in [3.8, 4) is 0 Å². The molecule has 1 aromatic carbocycles. The van der Waals surface area contributed by atoms with Crippen molar-refractivity contribution in [3.63, 3.8) is 0 Å². The van der Waals surface area contributed by atoms with E-state index in [0.29, 0.717) is 12.5 Å². The average molecular weight is 373 g/mol. The lowest BCUT2D eigenvalue weighted by atomic mass is 10.1. The van der Waals surface area contributed by atoms with Crippen LogP contribution in [-0.4, -0.2) is 33.7 Å². The van der Waals surface area contributed by atoms with Gasteiger partial charge in [-0.25, -0.2) is 4.39 Å². The van der Waals surface area contributed by atoms with Gasteiger partial charge in [0.2, 0.25) is 0 Å². The van der Waals surface area contributed by atoms with E-state index < -0.39 is 0 Å². The van der Waals surface area contributed by atoms with E-state index in [4.69, 9.17) is 0 Å². The molecule has 3 rings (SSSR count). The van der Waals surface area contributed by atoms with Crippen molar-refractivity contribution < 1.29 is 9.18 Å². The SMILES string of the molecule is Cc1nn(Cc2ccc(F)cc2)c2sc(C(=O)N(C)[C@@H](C)C(C)C)cc12. The van der Waals surface area contributed by atoms with Gasteiger partial charge in [0.15, 0.2) is 0 Å². The lowest BCUT2D eigenvalue weighted by molar-refractivity contribution is 0.0712. The van der Waals surface area contributed by atoms with Crippen molar-refractivity contribution in [1.29, 1.82) is 0 Å². The fourth-order valence-corrected chi connectivity index (χ4v) is 4.04. The molecular weight excluding hydrogens is 349 g/mol. The van der Waals surface area contributed by atoms with Crippen LogP contribution in [0.2, 0.25) is 0 Å². The molecule has 4 nitrogen and oxygen atoms in total. The number of halogens is 1. The molecule has 0 bridgehead atoms. The highest BCUT2D eigenvalue weighted by molar-refractivity contribution is 7.20. The third-order valence-electron chi connectivity index (χ3n) is 4.96. The van der Waals surface area contributed by atoms with Gasteiger partial charge in [0, 0.05) is 18.5 Å². The number of nitrogens with zero attached hydrogens (tertiary/aromatic N) is 3. The largest absolute Gasteiger partial charge is 0.338 e. The van der Waals surface area contributed by atoms with E-state index >= 15 is 0 Å². The van der Waals surface area contributed by atoms with Gasteiger partial charge in [-0.2, -0.15) is 5.10 Å². The number of carbonyl (C=O) groups excluding carboxylic acids is 1. The quantitative estimate of drug-likeness (QED) is 0.650. The van der Waals surface area contributed by atoms with Gasteiger partial charge in [0.1, 0.15) is 10.6 Å². The van der Waals surface area contributed by atoms with Crippen molar-refractivity contribution in [2.24, 2.45) is 5.92 Å². The van der Waals surface area contributed by atoms with Gasteiger partial charge in [-0.05, 0) is 43.5 Å². The summed E-state index contributed by atoms with van der Waals surface area (Å²) in [4.78, 5) is 16.3. The Morgan fingerprint density at radius 1 is 1.27 bits per heavy atom. The molecule has 0 unspecified atom stereocenters. The second-order valence-electron chi connectivity index (χ2n) is 7.10. The predicted molar refractivity (Wildman–Crippen MR) is 104 cm³/mol. The number of hydrogen-bond donors (Lipinski definition) is 0. The van der Waals surface area contributed by atoms with Crippen molar-refractivity contribution in [3.05, 3.63) is 52.3 Å². The molecule has 26 heavy (non-hydrogen) atoms. The Kier molecular flexibility index (Phi) is 5.14. The Labute approximate surface area is 157 Å². The molecule has 0 aliphatic rings. The van der Waals surface area contributed by atoms with E-state index in [0.717, 1.165) is 26.4 Å². The molecule has 0 aliphatic carbocycles. The Bertz CT molecular complexity index is 927. The van der Waals surface area contributed by atoms with E-state index in [1.807, 2.05) is 29.6 Å². The van der Waals surface area contributed by atoms with Crippen molar-refractivity contribution in [2.45, 2.75) is 40.3 Å². The Hall–Kier alpha value is -2.21.